The number of unbranched alkanes of at least 4 members (excludes halogenated alkanes) is 3. The van der Waals surface area contributed by atoms with E-state index in [0.717, 1.165) is 51.5 Å². The molecule has 12 nitrogen and oxygen atoms in total. The molecule has 12 heteroatoms. The molecule has 1 aliphatic rings. The molecule has 0 heterocycles. The average molecular weight is 681 g/mol. The Morgan fingerprint density at radius 3 is 1.92 bits per heavy atom. The van der Waals surface area contributed by atoms with Crippen LogP contribution in [0.1, 0.15) is 145 Å². The number of rotatable bonds is 23. The third kappa shape index (κ3) is 17.6. The highest BCUT2D eigenvalue weighted by molar-refractivity contribution is 5.93. The van der Waals surface area contributed by atoms with Gasteiger partial charge < -0.3 is 32.1 Å². The Kier molecular flexibility index (Phi) is 18.7. The summed E-state index contributed by atoms with van der Waals surface area (Å²) in [4.78, 5) is 64.3. The number of urea groups is 1. The number of carbonyl (C=O) groups is 5. The van der Waals surface area contributed by atoms with E-state index in [4.69, 9.17) is 5.73 Å². The molecule has 0 aromatic heterocycles. The molecule has 0 spiro atoms. The van der Waals surface area contributed by atoms with Gasteiger partial charge in [0.1, 0.15) is 12.1 Å². The van der Waals surface area contributed by atoms with Crippen LogP contribution >= 0.6 is 0 Å². The van der Waals surface area contributed by atoms with E-state index in [-0.39, 0.29) is 42.0 Å². The lowest BCUT2D eigenvalue weighted by Crippen LogP contribution is -2.62. The lowest BCUT2D eigenvalue weighted by molar-refractivity contribution is -0.142. The predicted molar refractivity (Wildman–Crippen MR) is 190 cm³/mol. The summed E-state index contributed by atoms with van der Waals surface area (Å²) in [6.45, 7) is 17.5. The third-order valence-electron chi connectivity index (χ3n) is 8.99. The van der Waals surface area contributed by atoms with E-state index in [0.29, 0.717) is 32.1 Å². The van der Waals surface area contributed by atoms with Crippen LogP contribution in [0.25, 0.3) is 0 Å². The molecular formula is C36H68N6O6. The molecule has 48 heavy (non-hydrogen) atoms. The molecule has 278 valence electrons. The molecule has 0 saturated heterocycles. The Bertz CT molecular complexity index is 1030. The van der Waals surface area contributed by atoms with Gasteiger partial charge in [-0.1, -0.05) is 60.3 Å². The second-order valence-corrected chi connectivity index (χ2v) is 16.3. The number of amides is 4. The molecular weight excluding hydrogens is 612 g/mol. The first-order valence-electron chi connectivity index (χ1n) is 18.2. The highest BCUT2D eigenvalue weighted by Crippen LogP contribution is 2.33. The van der Waals surface area contributed by atoms with Gasteiger partial charge in [-0.2, -0.15) is 0 Å². The first-order chi connectivity index (χ1) is 22.3. The van der Waals surface area contributed by atoms with Gasteiger partial charge in [-0.3, -0.25) is 19.7 Å². The van der Waals surface area contributed by atoms with Crippen molar-refractivity contribution >= 4 is 29.6 Å². The van der Waals surface area contributed by atoms with Crippen molar-refractivity contribution in [2.75, 3.05) is 13.1 Å². The van der Waals surface area contributed by atoms with Crippen LogP contribution in [0.3, 0.4) is 0 Å². The van der Waals surface area contributed by atoms with Gasteiger partial charge in [-0.25, -0.2) is 9.59 Å². The van der Waals surface area contributed by atoms with Crippen LogP contribution in [0.15, 0.2) is 0 Å². The SMILES string of the molecule is CC(C)[C@H](NC1(C(=O)CCCCCC(C)(C)C)CCCC1)C(=O)N[C@@H](CCCNC(N)=O)C(=O)NC(CCCCNC(C)(C)C)C(=O)O. The van der Waals surface area contributed by atoms with Crippen molar-refractivity contribution < 1.29 is 29.1 Å². The first kappa shape index (κ1) is 43.3. The van der Waals surface area contributed by atoms with Crippen LogP contribution in [0.4, 0.5) is 4.79 Å². The Labute approximate surface area is 289 Å². The summed E-state index contributed by atoms with van der Waals surface area (Å²) in [5.74, 6) is -2.21. The lowest BCUT2D eigenvalue weighted by atomic mass is 9.85. The van der Waals surface area contributed by atoms with Crippen molar-refractivity contribution in [1.29, 1.82) is 0 Å². The molecule has 0 aromatic rings. The van der Waals surface area contributed by atoms with Gasteiger partial charge in [-0.15, -0.1) is 0 Å². The Morgan fingerprint density at radius 1 is 0.771 bits per heavy atom. The van der Waals surface area contributed by atoms with Gasteiger partial charge in [0.2, 0.25) is 11.8 Å². The topological polar surface area (TPSA) is 192 Å². The van der Waals surface area contributed by atoms with Crippen molar-refractivity contribution in [2.24, 2.45) is 17.1 Å². The summed E-state index contributed by atoms with van der Waals surface area (Å²) in [6.07, 6.45) is 9.63. The van der Waals surface area contributed by atoms with Gasteiger partial charge in [0, 0.05) is 18.5 Å². The number of carboxylic acids is 1. The Morgan fingerprint density at radius 2 is 1.38 bits per heavy atom. The summed E-state index contributed by atoms with van der Waals surface area (Å²) in [6, 6.07) is -3.59. The third-order valence-corrected chi connectivity index (χ3v) is 8.99. The fourth-order valence-electron chi connectivity index (χ4n) is 6.19. The first-order valence-corrected chi connectivity index (χ1v) is 18.2. The number of nitrogens with two attached hydrogens (primary N) is 1. The van der Waals surface area contributed by atoms with E-state index in [1.165, 1.54) is 0 Å². The molecule has 0 bridgehead atoms. The van der Waals surface area contributed by atoms with Crippen molar-refractivity contribution in [3.05, 3.63) is 0 Å². The molecule has 1 rings (SSSR count). The number of aliphatic carboxylic acids is 1. The zero-order valence-corrected chi connectivity index (χ0v) is 31.2. The Balaban J connectivity index is 3.01. The van der Waals surface area contributed by atoms with Crippen molar-refractivity contribution in [3.63, 3.8) is 0 Å². The quantitative estimate of drug-likeness (QED) is 0.0765. The van der Waals surface area contributed by atoms with E-state index in [9.17, 15) is 29.1 Å². The monoisotopic (exact) mass is 681 g/mol. The number of primary amides is 1. The van der Waals surface area contributed by atoms with Crippen molar-refractivity contribution in [2.45, 2.75) is 174 Å². The molecule has 1 unspecified atom stereocenters. The highest BCUT2D eigenvalue weighted by atomic mass is 16.4. The van der Waals surface area contributed by atoms with E-state index in [2.05, 4.69) is 68.1 Å². The van der Waals surface area contributed by atoms with Crippen LogP contribution in [-0.4, -0.2) is 77.0 Å². The van der Waals surface area contributed by atoms with E-state index in [1.807, 2.05) is 13.8 Å². The summed E-state index contributed by atoms with van der Waals surface area (Å²) in [5, 5.41) is 24.7. The Hall–Kier alpha value is -2.73. The van der Waals surface area contributed by atoms with E-state index < -0.39 is 47.5 Å². The maximum atomic E-state index is 13.9. The summed E-state index contributed by atoms with van der Waals surface area (Å²) in [7, 11) is 0. The largest absolute Gasteiger partial charge is 0.480 e. The van der Waals surface area contributed by atoms with Crippen LogP contribution in [0.5, 0.6) is 0 Å². The highest BCUT2D eigenvalue weighted by Gasteiger charge is 2.44. The van der Waals surface area contributed by atoms with Gasteiger partial charge in [0.05, 0.1) is 11.6 Å². The number of hydrogen-bond acceptors (Lipinski definition) is 7. The van der Waals surface area contributed by atoms with Crippen molar-refractivity contribution in [1.82, 2.24) is 26.6 Å². The van der Waals surface area contributed by atoms with Gasteiger partial charge >= 0.3 is 12.0 Å². The van der Waals surface area contributed by atoms with Crippen LogP contribution in [-0.2, 0) is 19.2 Å². The summed E-state index contributed by atoms with van der Waals surface area (Å²) < 4.78 is 0. The fourth-order valence-corrected chi connectivity index (χ4v) is 6.19. The average Bonchev–Trinajstić information content (AvgIpc) is 3.44. The van der Waals surface area contributed by atoms with Gasteiger partial charge in [0.15, 0.2) is 5.78 Å². The molecule has 1 saturated carbocycles. The predicted octanol–water partition coefficient (Wildman–Crippen LogP) is 4.54. The maximum Gasteiger partial charge on any atom is 0.326 e. The standard InChI is InChI=1S/C36H68N6O6/c1-25(2)29(42-36(21-13-14-22-36)28(43)19-10-9-12-20-34(3,4)5)31(45)40-26(18-16-23-38-33(37)48)30(44)41-27(32(46)47)17-11-15-24-39-35(6,7)8/h25-27,29,39,42H,9-24H2,1-8H3,(H,40,45)(H,41,44)(H,46,47)(H3,37,38,48)/t26-,27?,29-/m0/s1. The number of carbonyl (C=O) groups excluding carboxylic acids is 4. The zero-order valence-electron chi connectivity index (χ0n) is 31.2. The minimum Gasteiger partial charge on any atom is -0.480 e. The number of ketones is 1. The van der Waals surface area contributed by atoms with Crippen molar-refractivity contribution in [3.8, 4) is 0 Å². The van der Waals surface area contributed by atoms with Crippen LogP contribution in [0, 0.1) is 11.3 Å². The zero-order chi connectivity index (χ0) is 36.5. The summed E-state index contributed by atoms with van der Waals surface area (Å²) >= 11 is 0. The second-order valence-electron chi connectivity index (χ2n) is 16.3. The molecule has 4 amide bonds. The number of nitrogens with one attached hydrogen (secondary N) is 5. The molecule has 1 fully saturated rings. The minimum atomic E-state index is -1.14. The molecule has 0 radical (unpaired) electrons. The number of hydrogen-bond donors (Lipinski definition) is 7. The van der Waals surface area contributed by atoms with Crippen LogP contribution in [0.2, 0.25) is 0 Å². The van der Waals surface area contributed by atoms with Gasteiger partial charge in [0.25, 0.3) is 0 Å². The lowest BCUT2D eigenvalue weighted by Gasteiger charge is -2.35. The molecule has 3 atom stereocenters. The molecule has 8 N–H and O–H groups in total. The normalized spacial score (nSPS) is 16.6. The number of carboxylic acid groups (broad SMARTS) is 1. The smallest absolute Gasteiger partial charge is 0.326 e. The maximum absolute atomic E-state index is 13.9. The van der Waals surface area contributed by atoms with E-state index in [1.54, 1.807) is 0 Å². The minimum absolute atomic E-state index is 0.0471. The fraction of sp³-hybridized carbons (Fsp3) is 0.861. The van der Waals surface area contributed by atoms with Gasteiger partial charge in [-0.05, 0) is 96.4 Å². The number of Topliss-reactive ketones (excluding diaryl/α,β-unsaturated/α-hetero) is 1. The second kappa shape index (κ2) is 20.7. The van der Waals surface area contributed by atoms with Crippen LogP contribution < -0.4 is 32.3 Å². The molecule has 0 aliphatic heterocycles. The summed E-state index contributed by atoms with van der Waals surface area (Å²) in [5.41, 5.74) is 4.62. The molecule has 0 aromatic carbocycles. The van der Waals surface area contributed by atoms with E-state index >= 15 is 0 Å². The molecule has 1 aliphatic carbocycles.